The van der Waals surface area contributed by atoms with Gasteiger partial charge in [-0.3, -0.25) is 4.79 Å². The summed E-state index contributed by atoms with van der Waals surface area (Å²) in [6, 6.07) is 15.3. The van der Waals surface area contributed by atoms with Crippen molar-refractivity contribution in [1.82, 2.24) is 4.57 Å². The van der Waals surface area contributed by atoms with Crippen molar-refractivity contribution in [2.45, 2.75) is 6.10 Å². The number of hydrogen-bond donors (Lipinski definition) is 0. The minimum Gasteiger partial charge on any atom is -0.474 e. The molecule has 1 aromatic carbocycles. The van der Waals surface area contributed by atoms with Crippen molar-refractivity contribution in [3.05, 3.63) is 70.7 Å². The molecule has 0 bridgehead atoms. The number of carbonyl (C=O) groups is 1. The second-order valence-corrected chi connectivity index (χ2v) is 5.59. The smallest absolute Gasteiger partial charge is 0.225 e. The number of hydrogen-bond acceptors (Lipinski definition) is 3. The van der Waals surface area contributed by atoms with Gasteiger partial charge in [-0.15, -0.1) is 11.3 Å². The van der Waals surface area contributed by atoms with E-state index in [4.69, 9.17) is 4.74 Å². The molecule has 0 aliphatic carbocycles. The first-order valence-electron chi connectivity index (χ1n) is 6.35. The lowest BCUT2D eigenvalue weighted by atomic mass is 10.1. The van der Waals surface area contributed by atoms with E-state index in [9.17, 15) is 4.79 Å². The molecule has 1 atom stereocenters. The van der Waals surface area contributed by atoms with Gasteiger partial charge in [0.1, 0.15) is 5.75 Å². The number of thiophene rings is 1. The van der Waals surface area contributed by atoms with Crippen LogP contribution in [0.25, 0.3) is 5.69 Å². The highest BCUT2D eigenvalue weighted by Gasteiger charge is 2.31. The summed E-state index contributed by atoms with van der Waals surface area (Å²) in [5.74, 6) is 0.725. The average Bonchev–Trinajstić information content (AvgIpc) is 3.14. The maximum absolute atomic E-state index is 12.7. The van der Waals surface area contributed by atoms with Gasteiger partial charge in [-0.05, 0) is 35.7 Å². The molecule has 0 spiro atoms. The van der Waals surface area contributed by atoms with Crippen molar-refractivity contribution in [2.24, 2.45) is 0 Å². The van der Waals surface area contributed by atoms with E-state index in [0.29, 0.717) is 5.69 Å². The van der Waals surface area contributed by atoms with Crippen LogP contribution in [0.3, 0.4) is 0 Å². The molecule has 20 heavy (non-hydrogen) atoms. The highest BCUT2D eigenvalue weighted by molar-refractivity contribution is 7.10. The summed E-state index contributed by atoms with van der Waals surface area (Å²) in [4.78, 5) is 13.7. The zero-order chi connectivity index (χ0) is 13.5. The average molecular weight is 281 g/mol. The third kappa shape index (κ3) is 1.62. The van der Waals surface area contributed by atoms with Crippen LogP contribution in [0.4, 0.5) is 0 Å². The van der Waals surface area contributed by atoms with Crippen molar-refractivity contribution < 1.29 is 9.53 Å². The lowest BCUT2D eigenvalue weighted by Gasteiger charge is -2.14. The fraction of sp³-hybridized carbons (Fsp3) is 0.0625. The first kappa shape index (κ1) is 11.5. The Morgan fingerprint density at radius 3 is 2.80 bits per heavy atom. The summed E-state index contributed by atoms with van der Waals surface area (Å²) in [6.07, 6.45) is 1.33. The molecule has 4 heteroatoms. The van der Waals surface area contributed by atoms with E-state index < -0.39 is 6.10 Å². The summed E-state index contributed by atoms with van der Waals surface area (Å²) >= 11 is 1.54. The van der Waals surface area contributed by atoms with Crippen LogP contribution in [0.1, 0.15) is 21.5 Å². The predicted molar refractivity (Wildman–Crippen MR) is 77.8 cm³/mol. The van der Waals surface area contributed by atoms with E-state index in [1.807, 2.05) is 64.7 Å². The van der Waals surface area contributed by atoms with E-state index in [-0.39, 0.29) is 5.78 Å². The number of para-hydroxylation sites is 2. The molecule has 0 N–H and O–H groups in total. The van der Waals surface area contributed by atoms with Crippen LogP contribution < -0.4 is 4.74 Å². The Bertz CT molecular complexity index is 773. The molecule has 0 unspecified atom stereocenters. The fourth-order valence-corrected chi connectivity index (χ4v) is 3.24. The Hall–Kier alpha value is -2.33. The predicted octanol–water partition coefficient (Wildman–Crippen LogP) is 3.86. The number of carbonyl (C=O) groups excluding carboxylic acids is 1. The largest absolute Gasteiger partial charge is 0.474 e. The molecule has 1 aliphatic rings. The van der Waals surface area contributed by atoms with Crippen LogP contribution >= 0.6 is 11.3 Å². The van der Waals surface area contributed by atoms with Gasteiger partial charge in [0.15, 0.2) is 6.10 Å². The van der Waals surface area contributed by atoms with Gasteiger partial charge in [0, 0.05) is 6.20 Å². The first-order chi connectivity index (χ1) is 9.84. The van der Waals surface area contributed by atoms with Gasteiger partial charge < -0.3 is 9.30 Å². The van der Waals surface area contributed by atoms with E-state index in [1.54, 1.807) is 0 Å². The van der Waals surface area contributed by atoms with E-state index in [1.165, 1.54) is 11.3 Å². The molecule has 4 rings (SSSR count). The van der Waals surface area contributed by atoms with Crippen molar-refractivity contribution >= 4 is 17.1 Å². The Morgan fingerprint density at radius 2 is 1.95 bits per heavy atom. The summed E-state index contributed by atoms with van der Waals surface area (Å²) < 4.78 is 7.89. The third-order valence-electron chi connectivity index (χ3n) is 3.41. The summed E-state index contributed by atoms with van der Waals surface area (Å²) in [5, 5.41) is 1.96. The van der Waals surface area contributed by atoms with E-state index >= 15 is 0 Å². The Labute approximate surface area is 120 Å². The summed E-state index contributed by atoms with van der Waals surface area (Å²) in [5.41, 5.74) is 1.56. The molecule has 98 valence electrons. The number of ketones is 1. The number of rotatable bonds is 1. The van der Waals surface area contributed by atoms with Crippen molar-refractivity contribution in [2.75, 3.05) is 0 Å². The molecule has 2 aromatic heterocycles. The number of fused-ring (bicyclic) bond motifs is 3. The van der Waals surface area contributed by atoms with Crippen LogP contribution in [-0.2, 0) is 0 Å². The van der Waals surface area contributed by atoms with Crippen LogP contribution in [0, 0.1) is 0 Å². The van der Waals surface area contributed by atoms with Gasteiger partial charge in [-0.25, -0.2) is 0 Å². The molecular formula is C16H11NO2S. The van der Waals surface area contributed by atoms with Gasteiger partial charge >= 0.3 is 0 Å². The highest BCUT2D eigenvalue weighted by atomic mass is 32.1. The lowest BCUT2D eigenvalue weighted by Crippen LogP contribution is -2.17. The SMILES string of the molecule is O=C1c2cccn2-c2ccccc2O[C@@H]1c1cccs1. The first-order valence-corrected chi connectivity index (χ1v) is 7.23. The molecule has 1 aliphatic heterocycles. The normalized spacial score (nSPS) is 17.0. The Morgan fingerprint density at radius 1 is 1.05 bits per heavy atom. The van der Waals surface area contributed by atoms with Gasteiger partial charge in [0.25, 0.3) is 0 Å². The number of nitrogens with zero attached hydrogens (tertiary/aromatic N) is 1. The molecular weight excluding hydrogens is 270 g/mol. The van der Waals surface area contributed by atoms with Crippen LogP contribution in [0.2, 0.25) is 0 Å². The second-order valence-electron chi connectivity index (χ2n) is 4.61. The topological polar surface area (TPSA) is 31.2 Å². The van der Waals surface area contributed by atoms with Crippen LogP contribution in [0.5, 0.6) is 5.75 Å². The molecule has 0 saturated heterocycles. The highest BCUT2D eigenvalue weighted by Crippen LogP contribution is 2.36. The maximum atomic E-state index is 12.7. The molecule has 0 fully saturated rings. The quantitative estimate of drug-likeness (QED) is 0.678. The maximum Gasteiger partial charge on any atom is 0.225 e. The fourth-order valence-electron chi connectivity index (χ4n) is 2.49. The van der Waals surface area contributed by atoms with Crippen LogP contribution in [-0.4, -0.2) is 10.4 Å². The number of ether oxygens (including phenoxy) is 1. The zero-order valence-corrected chi connectivity index (χ0v) is 11.3. The third-order valence-corrected chi connectivity index (χ3v) is 4.33. The second kappa shape index (κ2) is 4.35. The van der Waals surface area contributed by atoms with Crippen molar-refractivity contribution in [3.63, 3.8) is 0 Å². The molecule has 3 heterocycles. The summed E-state index contributed by atoms with van der Waals surface area (Å²) in [7, 11) is 0. The number of aromatic nitrogens is 1. The standard InChI is InChI=1S/C16H11NO2S/c18-15-12-6-3-9-17(12)11-5-1-2-7-13(11)19-16(15)14-8-4-10-20-14/h1-10,16H/t16-/m1/s1. The minimum atomic E-state index is -0.563. The van der Waals surface area contributed by atoms with Crippen LogP contribution in [0.15, 0.2) is 60.1 Å². The zero-order valence-electron chi connectivity index (χ0n) is 10.5. The van der Waals surface area contributed by atoms with Gasteiger partial charge in [0.2, 0.25) is 5.78 Å². The molecule has 0 saturated carbocycles. The lowest BCUT2D eigenvalue weighted by molar-refractivity contribution is 0.0801. The van der Waals surface area contributed by atoms with Gasteiger partial charge in [-0.2, -0.15) is 0 Å². The number of benzene rings is 1. The number of Topliss-reactive ketones (excluding diaryl/α,β-unsaturated/α-hetero) is 1. The van der Waals surface area contributed by atoms with E-state index in [2.05, 4.69) is 0 Å². The van der Waals surface area contributed by atoms with Gasteiger partial charge in [-0.1, -0.05) is 18.2 Å². The van der Waals surface area contributed by atoms with Gasteiger partial charge in [0.05, 0.1) is 16.3 Å². The Kier molecular flexibility index (Phi) is 2.50. The summed E-state index contributed by atoms with van der Waals surface area (Å²) in [6.45, 7) is 0. The Balaban J connectivity index is 1.95. The van der Waals surface area contributed by atoms with E-state index in [0.717, 1.165) is 16.3 Å². The molecule has 3 nitrogen and oxygen atoms in total. The molecule has 3 aromatic rings. The van der Waals surface area contributed by atoms with Crippen molar-refractivity contribution in [1.29, 1.82) is 0 Å². The van der Waals surface area contributed by atoms with Crippen molar-refractivity contribution in [3.8, 4) is 11.4 Å². The molecule has 0 radical (unpaired) electrons. The molecule has 0 amide bonds. The monoisotopic (exact) mass is 281 g/mol. The minimum absolute atomic E-state index is 0.00588.